The highest BCUT2D eigenvalue weighted by Gasteiger charge is 2.05. The van der Waals surface area contributed by atoms with Crippen molar-refractivity contribution in [3.05, 3.63) is 103 Å². The molecule has 0 aliphatic carbocycles. The number of hydrogen-bond acceptors (Lipinski definition) is 2. The van der Waals surface area contributed by atoms with E-state index in [1.807, 2.05) is 0 Å². The first kappa shape index (κ1) is 19.9. The lowest BCUT2D eigenvalue weighted by molar-refractivity contribution is 0.170. The predicted octanol–water partition coefficient (Wildman–Crippen LogP) is 6.80. The van der Waals surface area contributed by atoms with Crippen LogP contribution in [0.5, 0.6) is 0 Å². The minimum atomic E-state index is 0.598. The number of ether oxygens (including phenoxy) is 1. The minimum absolute atomic E-state index is 0.598. The molecule has 4 aromatic carbocycles. The molecule has 2 nitrogen and oxygen atoms in total. The van der Waals surface area contributed by atoms with Crippen LogP contribution in [0.3, 0.4) is 0 Å². The van der Waals surface area contributed by atoms with Gasteiger partial charge in [0.05, 0.1) is 13.2 Å². The molecule has 0 spiro atoms. The second kappa shape index (κ2) is 9.43. The first-order valence-corrected chi connectivity index (χ1v) is 10.3. The van der Waals surface area contributed by atoms with Gasteiger partial charge in [0.1, 0.15) is 0 Å². The first-order chi connectivity index (χ1) is 14.8. The summed E-state index contributed by atoms with van der Waals surface area (Å²) in [6.07, 6.45) is 6.22. The third-order valence-electron chi connectivity index (χ3n) is 5.40. The lowest BCUT2D eigenvalue weighted by Crippen LogP contribution is -2.22. The van der Waals surface area contributed by atoms with E-state index in [4.69, 9.17) is 4.74 Å². The molecule has 4 aromatic rings. The van der Waals surface area contributed by atoms with Crippen LogP contribution >= 0.6 is 0 Å². The lowest BCUT2D eigenvalue weighted by Gasteiger charge is -2.19. The Morgan fingerprint density at radius 2 is 1.47 bits per heavy atom. The fourth-order valence-corrected chi connectivity index (χ4v) is 3.75. The fourth-order valence-electron chi connectivity index (χ4n) is 3.75. The molecule has 0 bridgehead atoms. The Morgan fingerprint density at radius 1 is 0.833 bits per heavy atom. The van der Waals surface area contributed by atoms with Crippen LogP contribution in [0.25, 0.3) is 33.7 Å². The van der Waals surface area contributed by atoms with E-state index in [0.717, 1.165) is 6.54 Å². The van der Waals surface area contributed by atoms with Gasteiger partial charge in [0.15, 0.2) is 0 Å². The van der Waals surface area contributed by atoms with Gasteiger partial charge in [0.25, 0.3) is 0 Å². The topological polar surface area (TPSA) is 12.5 Å². The summed E-state index contributed by atoms with van der Waals surface area (Å²) in [5.41, 5.74) is 3.64. The monoisotopic (exact) mass is 393 g/mol. The predicted molar refractivity (Wildman–Crippen MR) is 131 cm³/mol. The van der Waals surface area contributed by atoms with E-state index in [1.165, 1.54) is 38.4 Å². The van der Waals surface area contributed by atoms with Crippen LogP contribution in [0.1, 0.15) is 11.1 Å². The number of likely N-dealkylation sites (N-methyl/N-ethyl adjacent to an activating group) is 1. The molecule has 150 valence electrons. The van der Waals surface area contributed by atoms with Crippen molar-refractivity contribution in [3.63, 3.8) is 0 Å². The second-order valence-corrected chi connectivity index (χ2v) is 7.44. The molecule has 0 saturated heterocycles. The number of fused-ring (bicyclic) bond motifs is 2. The van der Waals surface area contributed by atoms with Crippen LogP contribution in [0, 0.1) is 0 Å². The Labute approximate surface area is 178 Å². The van der Waals surface area contributed by atoms with Crippen molar-refractivity contribution < 1.29 is 4.74 Å². The number of benzene rings is 4. The van der Waals surface area contributed by atoms with Gasteiger partial charge in [-0.05, 0) is 50.9 Å². The van der Waals surface area contributed by atoms with Crippen LogP contribution in [-0.4, -0.2) is 26.8 Å². The van der Waals surface area contributed by atoms with Gasteiger partial charge < -0.3 is 9.64 Å². The maximum Gasteiger partial charge on any atom is 0.0645 e. The first-order valence-electron chi connectivity index (χ1n) is 10.3. The van der Waals surface area contributed by atoms with Gasteiger partial charge in [-0.3, -0.25) is 0 Å². The third kappa shape index (κ3) is 4.45. The summed E-state index contributed by atoms with van der Waals surface area (Å²) in [7, 11) is 2.09. The van der Waals surface area contributed by atoms with Crippen molar-refractivity contribution in [1.82, 2.24) is 0 Å². The second-order valence-electron chi connectivity index (χ2n) is 7.44. The molecule has 0 atom stereocenters. The molecule has 30 heavy (non-hydrogen) atoms. The van der Waals surface area contributed by atoms with E-state index in [1.54, 1.807) is 6.08 Å². The maximum absolute atomic E-state index is 5.49. The summed E-state index contributed by atoms with van der Waals surface area (Å²) >= 11 is 0. The van der Waals surface area contributed by atoms with Gasteiger partial charge in [-0.25, -0.2) is 0 Å². The van der Waals surface area contributed by atoms with Crippen molar-refractivity contribution in [3.8, 4) is 0 Å². The van der Waals surface area contributed by atoms with Crippen molar-refractivity contribution >= 4 is 39.4 Å². The summed E-state index contributed by atoms with van der Waals surface area (Å²) in [4.78, 5) is 2.20. The Kier molecular flexibility index (Phi) is 6.26. The van der Waals surface area contributed by atoms with E-state index in [-0.39, 0.29) is 0 Å². The summed E-state index contributed by atoms with van der Waals surface area (Å²) in [6.45, 7) is 5.82. The van der Waals surface area contributed by atoms with Crippen molar-refractivity contribution in [2.75, 3.05) is 31.7 Å². The molecule has 0 heterocycles. The largest absolute Gasteiger partial charge is 0.376 e. The number of rotatable bonds is 8. The molecule has 0 aliphatic rings. The Hall–Kier alpha value is -3.36. The van der Waals surface area contributed by atoms with Gasteiger partial charge in [0.2, 0.25) is 0 Å². The van der Waals surface area contributed by atoms with E-state index in [9.17, 15) is 0 Å². The molecule has 0 amide bonds. The average molecular weight is 394 g/mol. The van der Waals surface area contributed by atoms with E-state index < -0.39 is 0 Å². The molecule has 0 radical (unpaired) electrons. The van der Waals surface area contributed by atoms with Crippen LogP contribution in [0.15, 0.2) is 91.5 Å². The fraction of sp³-hybridized carbons (Fsp3) is 0.143. The summed E-state index contributed by atoms with van der Waals surface area (Å²) in [5, 5.41) is 5.10. The van der Waals surface area contributed by atoms with Gasteiger partial charge >= 0.3 is 0 Å². The van der Waals surface area contributed by atoms with E-state index in [0.29, 0.717) is 13.2 Å². The quantitative estimate of drug-likeness (QED) is 0.141. The van der Waals surface area contributed by atoms with Crippen molar-refractivity contribution in [2.45, 2.75) is 0 Å². The molecule has 0 aliphatic heterocycles. The highest BCUT2D eigenvalue weighted by Crippen LogP contribution is 2.30. The molecule has 2 heteroatoms. The molecule has 0 fully saturated rings. The van der Waals surface area contributed by atoms with Crippen LogP contribution in [0.2, 0.25) is 0 Å². The van der Waals surface area contributed by atoms with Crippen molar-refractivity contribution in [2.24, 2.45) is 0 Å². The minimum Gasteiger partial charge on any atom is -0.376 e. The summed E-state index contributed by atoms with van der Waals surface area (Å²) in [5.74, 6) is 0. The average Bonchev–Trinajstić information content (AvgIpc) is 2.79. The molecule has 0 saturated carbocycles. The standard InChI is InChI=1S/C28H27NO/c1-3-19-30-20-18-29(2)25-15-12-22(13-16-25)14-17-28-26-10-6-4-8-23(26)21-24-9-5-7-11-27(24)28/h3-17,21H,1,18-20H2,2H3/b17-14+. The summed E-state index contributed by atoms with van der Waals surface area (Å²) < 4.78 is 5.49. The maximum atomic E-state index is 5.49. The molecular weight excluding hydrogens is 366 g/mol. The molecule has 0 aromatic heterocycles. The van der Waals surface area contributed by atoms with Gasteiger partial charge in [-0.1, -0.05) is 78.9 Å². The van der Waals surface area contributed by atoms with Crippen molar-refractivity contribution in [1.29, 1.82) is 0 Å². The Morgan fingerprint density at radius 3 is 2.10 bits per heavy atom. The summed E-state index contributed by atoms with van der Waals surface area (Å²) in [6, 6.07) is 28.1. The van der Waals surface area contributed by atoms with Crippen LogP contribution in [0.4, 0.5) is 5.69 Å². The third-order valence-corrected chi connectivity index (χ3v) is 5.40. The number of hydrogen-bond donors (Lipinski definition) is 0. The SMILES string of the molecule is C=CCOCCN(C)c1ccc(/C=C/c2c3ccccc3cc3ccccc23)cc1. The molecule has 0 N–H and O–H groups in total. The van der Waals surface area contributed by atoms with E-state index in [2.05, 4.69) is 110 Å². The van der Waals surface area contributed by atoms with Gasteiger partial charge in [-0.15, -0.1) is 6.58 Å². The normalized spacial score (nSPS) is 11.4. The van der Waals surface area contributed by atoms with Crippen LogP contribution in [-0.2, 0) is 4.74 Å². The zero-order valence-electron chi connectivity index (χ0n) is 17.4. The Balaban J connectivity index is 1.58. The highest BCUT2D eigenvalue weighted by atomic mass is 16.5. The van der Waals surface area contributed by atoms with E-state index >= 15 is 0 Å². The number of nitrogens with zero attached hydrogens (tertiary/aromatic N) is 1. The van der Waals surface area contributed by atoms with Crippen LogP contribution < -0.4 is 4.90 Å². The molecule has 4 rings (SSSR count). The van der Waals surface area contributed by atoms with Gasteiger partial charge in [0, 0.05) is 19.3 Å². The lowest BCUT2D eigenvalue weighted by atomic mass is 9.96. The van der Waals surface area contributed by atoms with Gasteiger partial charge in [-0.2, -0.15) is 0 Å². The number of anilines is 1. The smallest absolute Gasteiger partial charge is 0.0645 e. The Bertz CT molecular complexity index is 1120. The molecular formula is C28H27NO. The zero-order chi connectivity index (χ0) is 20.8. The molecule has 0 unspecified atom stereocenters. The highest BCUT2D eigenvalue weighted by molar-refractivity contribution is 6.07. The zero-order valence-corrected chi connectivity index (χ0v) is 17.4.